The predicted octanol–water partition coefficient (Wildman–Crippen LogP) is 0.329. The molecule has 4 aliphatic rings. The summed E-state index contributed by atoms with van der Waals surface area (Å²) < 4.78 is 35.1. The summed E-state index contributed by atoms with van der Waals surface area (Å²) in [6, 6.07) is 0. The Kier molecular flexibility index (Phi) is 8.55. The highest BCUT2D eigenvalue weighted by molar-refractivity contribution is 5.92. The number of fused-ring (bicyclic) bond motifs is 1. The molecule has 0 aromatic heterocycles. The fourth-order valence-electron chi connectivity index (χ4n) is 8.39. The minimum absolute atomic E-state index is 0.0238. The first kappa shape index (κ1) is 33.5. The van der Waals surface area contributed by atoms with Gasteiger partial charge in [-0.05, 0) is 12.5 Å². The summed E-state index contributed by atoms with van der Waals surface area (Å²) >= 11 is 0. The van der Waals surface area contributed by atoms with Crippen molar-refractivity contribution in [1.82, 2.24) is 0 Å². The molecule has 4 fully saturated rings. The van der Waals surface area contributed by atoms with E-state index in [1.165, 1.54) is 6.92 Å². The minimum Gasteiger partial charge on any atom is -0.465 e. The van der Waals surface area contributed by atoms with Crippen molar-refractivity contribution in [3.8, 4) is 0 Å². The van der Waals surface area contributed by atoms with Crippen molar-refractivity contribution in [2.45, 2.75) is 103 Å². The first-order valence-electron chi connectivity index (χ1n) is 14.4. The van der Waals surface area contributed by atoms with Crippen molar-refractivity contribution in [2.75, 3.05) is 13.2 Å². The summed E-state index contributed by atoms with van der Waals surface area (Å²) in [7, 11) is 0. The van der Waals surface area contributed by atoms with Gasteiger partial charge in [0, 0.05) is 64.7 Å². The lowest BCUT2D eigenvalue weighted by Gasteiger charge is -2.65. The van der Waals surface area contributed by atoms with Crippen LogP contribution < -0.4 is 0 Å². The summed E-state index contributed by atoms with van der Waals surface area (Å²) in [5.41, 5.74) is -7.71. The lowest BCUT2D eigenvalue weighted by atomic mass is 9.43. The van der Waals surface area contributed by atoms with E-state index in [0.717, 1.165) is 34.6 Å². The molecule has 14 nitrogen and oxygen atoms in total. The van der Waals surface area contributed by atoms with Crippen LogP contribution in [0.25, 0.3) is 0 Å². The first-order valence-corrected chi connectivity index (χ1v) is 14.4. The highest BCUT2D eigenvalue weighted by Gasteiger charge is 2.85. The topological polar surface area (TPSA) is 198 Å². The fraction of sp³-hybridized carbons (Fsp3) is 0.733. The fourth-order valence-corrected chi connectivity index (χ4v) is 8.39. The quantitative estimate of drug-likeness (QED) is 0.233. The standard InChI is InChI=1S/C30H40O14/c1-13-20(36)10-22(41-15(3)32)29(12-39-14(2)31)23(13)24(42-16(4)33)19-9-21(37)28(8)30(44-18(6)35,27(19,7)11-40-28)26(25(29)38)43-17(5)34/h19-20,22-26,36,38H,1,9-12H2,2-8H3/t19-,20-,22-,23-,24+,25-,26-,27-,28+,29+,30-/m0/s1. The third-order valence-electron chi connectivity index (χ3n) is 10.1. The van der Waals surface area contributed by atoms with Gasteiger partial charge in [-0.3, -0.25) is 28.8 Å². The molecule has 1 saturated heterocycles. The van der Waals surface area contributed by atoms with E-state index in [2.05, 4.69) is 6.58 Å². The molecular weight excluding hydrogens is 584 g/mol. The van der Waals surface area contributed by atoms with Crippen molar-refractivity contribution in [1.29, 1.82) is 0 Å². The van der Waals surface area contributed by atoms with Gasteiger partial charge in [-0.1, -0.05) is 13.5 Å². The minimum atomic E-state index is -2.23. The van der Waals surface area contributed by atoms with E-state index in [4.69, 9.17) is 28.4 Å². The average Bonchev–Trinajstić information content (AvgIpc) is 3.05. The second-order valence-electron chi connectivity index (χ2n) is 12.6. The Morgan fingerprint density at radius 1 is 0.909 bits per heavy atom. The Hall–Kier alpha value is -3.36. The van der Waals surface area contributed by atoms with Gasteiger partial charge in [-0.15, -0.1) is 0 Å². The van der Waals surface area contributed by atoms with Gasteiger partial charge >= 0.3 is 29.8 Å². The number of aliphatic hydroxyl groups excluding tert-OH is 2. The number of ether oxygens (including phenoxy) is 6. The van der Waals surface area contributed by atoms with Crippen molar-refractivity contribution in [2.24, 2.45) is 22.7 Å². The normalized spacial score (nSPS) is 42.6. The number of hydrogen-bond donors (Lipinski definition) is 2. The number of ketones is 1. The molecule has 3 saturated carbocycles. The second-order valence-corrected chi connectivity index (χ2v) is 12.6. The van der Waals surface area contributed by atoms with Crippen molar-refractivity contribution in [3.63, 3.8) is 0 Å². The van der Waals surface area contributed by atoms with E-state index in [-0.39, 0.29) is 25.0 Å². The number of Topliss-reactive ketones (excluding diaryl/α,β-unsaturated/α-hetero) is 1. The van der Waals surface area contributed by atoms with E-state index < -0.39 is 107 Å². The molecule has 0 aromatic carbocycles. The number of rotatable bonds is 6. The Bertz CT molecular complexity index is 1290. The van der Waals surface area contributed by atoms with Crippen LogP contribution in [0.4, 0.5) is 0 Å². The van der Waals surface area contributed by atoms with Crippen molar-refractivity contribution >= 4 is 35.6 Å². The molecule has 0 spiro atoms. The largest absolute Gasteiger partial charge is 0.465 e. The Balaban J connectivity index is 2.21. The average molecular weight is 625 g/mol. The SMILES string of the molecule is C=C1[C@@H](O)C[C@H](OC(C)=O)[C@@]2(COC(C)=O)[C@@H](O)[C@H](OC(C)=O)[C@]3(OC(C)=O)[C@@]4(C)CO[C@]3(C)C(=O)C[C@H]4[C@@H](OC(C)=O)[C@H]12. The van der Waals surface area contributed by atoms with Gasteiger partial charge in [0.05, 0.1) is 18.1 Å². The third-order valence-corrected chi connectivity index (χ3v) is 10.1. The predicted molar refractivity (Wildman–Crippen MR) is 145 cm³/mol. The molecule has 2 N–H and O–H groups in total. The number of hydrogen-bond acceptors (Lipinski definition) is 14. The lowest BCUT2D eigenvalue weighted by Crippen LogP contribution is -2.81. The molecule has 4 rings (SSSR count). The molecule has 11 atom stereocenters. The van der Waals surface area contributed by atoms with Crippen LogP contribution in [0.3, 0.4) is 0 Å². The summed E-state index contributed by atoms with van der Waals surface area (Å²) in [4.78, 5) is 77.3. The van der Waals surface area contributed by atoms with Gasteiger partial charge in [0.1, 0.15) is 24.9 Å². The molecule has 1 aliphatic heterocycles. The zero-order chi connectivity index (χ0) is 33.2. The van der Waals surface area contributed by atoms with Gasteiger partial charge in [0.15, 0.2) is 23.1 Å². The van der Waals surface area contributed by atoms with Crippen LogP contribution >= 0.6 is 0 Å². The third kappa shape index (κ3) is 4.64. The summed E-state index contributed by atoms with van der Waals surface area (Å²) in [5, 5.41) is 23.9. The monoisotopic (exact) mass is 624 g/mol. The van der Waals surface area contributed by atoms with Gasteiger partial charge in [0.25, 0.3) is 0 Å². The first-order chi connectivity index (χ1) is 20.3. The molecule has 44 heavy (non-hydrogen) atoms. The molecular formula is C30H40O14. The molecule has 0 amide bonds. The maximum absolute atomic E-state index is 14.1. The summed E-state index contributed by atoms with van der Waals surface area (Å²) in [6.07, 6.45) is -8.85. The summed E-state index contributed by atoms with van der Waals surface area (Å²) in [6.45, 7) is 11.5. The number of carbonyl (C=O) groups is 6. The zero-order valence-electron chi connectivity index (χ0n) is 25.9. The van der Waals surface area contributed by atoms with E-state index in [1.54, 1.807) is 6.92 Å². The van der Waals surface area contributed by atoms with Crippen molar-refractivity contribution < 1.29 is 67.4 Å². The molecule has 0 unspecified atom stereocenters. The molecule has 4 bridgehead atoms. The van der Waals surface area contributed by atoms with E-state index in [9.17, 15) is 39.0 Å². The van der Waals surface area contributed by atoms with Crippen molar-refractivity contribution in [3.05, 3.63) is 12.2 Å². The molecule has 3 aliphatic carbocycles. The van der Waals surface area contributed by atoms with Gasteiger partial charge in [-0.25, -0.2) is 0 Å². The van der Waals surface area contributed by atoms with Crippen LogP contribution in [-0.4, -0.2) is 101 Å². The molecule has 14 heteroatoms. The van der Waals surface area contributed by atoms with Gasteiger partial charge < -0.3 is 38.6 Å². The molecule has 244 valence electrons. The van der Waals surface area contributed by atoms with Gasteiger partial charge in [-0.2, -0.15) is 0 Å². The van der Waals surface area contributed by atoms with Crippen LogP contribution in [0.1, 0.15) is 61.3 Å². The number of carbonyl (C=O) groups excluding carboxylic acids is 6. The maximum Gasteiger partial charge on any atom is 0.303 e. The lowest BCUT2D eigenvalue weighted by molar-refractivity contribution is -0.304. The highest BCUT2D eigenvalue weighted by atomic mass is 16.6. The molecule has 0 aromatic rings. The van der Waals surface area contributed by atoms with E-state index in [0.29, 0.717) is 0 Å². The smallest absolute Gasteiger partial charge is 0.303 e. The van der Waals surface area contributed by atoms with Gasteiger partial charge in [0.2, 0.25) is 0 Å². The Morgan fingerprint density at radius 3 is 2.02 bits per heavy atom. The number of aliphatic hydroxyl groups is 2. The Morgan fingerprint density at radius 2 is 1.50 bits per heavy atom. The van der Waals surface area contributed by atoms with Crippen LogP contribution in [0.2, 0.25) is 0 Å². The van der Waals surface area contributed by atoms with Crippen LogP contribution in [0, 0.1) is 22.7 Å². The number of esters is 5. The maximum atomic E-state index is 14.1. The second kappa shape index (κ2) is 11.2. The Labute approximate surface area is 254 Å². The molecule has 0 radical (unpaired) electrons. The van der Waals surface area contributed by atoms with E-state index in [1.807, 2.05) is 0 Å². The van der Waals surface area contributed by atoms with Crippen LogP contribution in [-0.2, 0) is 57.2 Å². The van der Waals surface area contributed by atoms with E-state index >= 15 is 0 Å². The summed E-state index contributed by atoms with van der Waals surface area (Å²) in [5.74, 6) is -7.29. The van der Waals surface area contributed by atoms with Crippen LogP contribution in [0.15, 0.2) is 12.2 Å². The molecule has 1 heterocycles. The zero-order valence-corrected chi connectivity index (χ0v) is 25.9. The van der Waals surface area contributed by atoms with Crippen LogP contribution in [0.5, 0.6) is 0 Å². The highest BCUT2D eigenvalue weighted by Crippen LogP contribution is 2.68.